The molecule has 0 aliphatic rings. The first-order valence-electron chi connectivity index (χ1n) is 8.56. The van der Waals surface area contributed by atoms with Gasteiger partial charge in [-0.2, -0.15) is 0 Å². The molecule has 0 aromatic rings. The Balaban J connectivity index is -0.000000386. The van der Waals surface area contributed by atoms with Crippen molar-refractivity contribution in [2.45, 2.75) is 62.7 Å². The van der Waals surface area contributed by atoms with Gasteiger partial charge >= 0.3 is 5.97 Å². The number of carbonyl (C=O) groups is 3. The average Bonchev–Trinajstić information content (AvgIpc) is 2.75. The van der Waals surface area contributed by atoms with Crippen LogP contribution in [0.4, 0.5) is 0 Å². The summed E-state index contributed by atoms with van der Waals surface area (Å²) in [6.45, 7) is 2.13. The van der Waals surface area contributed by atoms with Gasteiger partial charge in [0.15, 0.2) is 12.6 Å². The van der Waals surface area contributed by atoms with Crippen LogP contribution in [0.5, 0.6) is 0 Å². The number of hydrogen-bond acceptors (Lipinski definition) is 14. The Morgan fingerprint density at radius 3 is 1.17 bits per heavy atom. The Kier molecular flexibility index (Phi) is 21.4. The molecule has 180 valence electrons. The average molecular weight is 448 g/mol. The number of rotatable bonds is 11. The van der Waals surface area contributed by atoms with E-state index in [0.717, 1.165) is 0 Å². The first-order chi connectivity index (χ1) is 13.9. The normalized spacial score (nSPS) is 18.4. The molecule has 10 N–H and O–H groups in total. The number of aldehydes is 2. The van der Waals surface area contributed by atoms with Crippen LogP contribution in [-0.4, -0.2) is 138 Å². The lowest BCUT2D eigenvalue weighted by molar-refractivity contribution is -0.140. The summed E-state index contributed by atoms with van der Waals surface area (Å²) >= 11 is 0. The molecule has 0 unspecified atom stereocenters. The van der Waals surface area contributed by atoms with Crippen molar-refractivity contribution in [3.8, 4) is 0 Å². The second-order valence-corrected chi connectivity index (χ2v) is 5.64. The van der Waals surface area contributed by atoms with E-state index in [-0.39, 0.29) is 18.5 Å². The summed E-state index contributed by atoms with van der Waals surface area (Å²) in [6.07, 6.45) is -13.7. The zero-order valence-electron chi connectivity index (χ0n) is 16.5. The van der Waals surface area contributed by atoms with Crippen LogP contribution in [0.1, 0.15) is 13.8 Å². The van der Waals surface area contributed by atoms with Gasteiger partial charge in [0.25, 0.3) is 0 Å². The molecule has 0 saturated carbocycles. The van der Waals surface area contributed by atoms with Gasteiger partial charge < -0.3 is 65.4 Å². The van der Waals surface area contributed by atoms with Gasteiger partial charge in [0, 0.05) is 6.92 Å². The van der Waals surface area contributed by atoms with Gasteiger partial charge in [0.1, 0.15) is 48.8 Å². The highest BCUT2D eigenvalue weighted by molar-refractivity contribution is 5.65. The molecule has 0 amide bonds. The topological polar surface area (TPSA) is 263 Å². The Morgan fingerprint density at radius 2 is 1.03 bits per heavy atom. The van der Waals surface area contributed by atoms with Crippen molar-refractivity contribution in [1.82, 2.24) is 0 Å². The van der Waals surface area contributed by atoms with Crippen molar-refractivity contribution in [1.29, 1.82) is 0 Å². The Bertz CT molecular complexity index is 416. The summed E-state index contributed by atoms with van der Waals surface area (Å²) in [5.41, 5.74) is 0. The second-order valence-electron chi connectivity index (χ2n) is 5.64. The number of esters is 1. The first-order valence-corrected chi connectivity index (χ1v) is 8.56. The molecular formula is C16H32O14. The molecule has 0 bridgehead atoms. The van der Waals surface area contributed by atoms with Crippen LogP contribution in [0.2, 0.25) is 0 Å². The zero-order valence-corrected chi connectivity index (χ0v) is 16.5. The van der Waals surface area contributed by atoms with Gasteiger partial charge in [-0.25, -0.2) is 0 Å². The molecule has 0 aromatic carbocycles. The van der Waals surface area contributed by atoms with E-state index < -0.39 is 62.0 Å². The van der Waals surface area contributed by atoms with Crippen LogP contribution < -0.4 is 0 Å². The third kappa shape index (κ3) is 15.3. The molecule has 0 heterocycles. The molecule has 0 aliphatic carbocycles. The van der Waals surface area contributed by atoms with Gasteiger partial charge in [-0.15, -0.1) is 0 Å². The summed E-state index contributed by atoms with van der Waals surface area (Å²) in [5.74, 6) is -0.211. The fourth-order valence-electron chi connectivity index (χ4n) is 1.44. The van der Waals surface area contributed by atoms with Crippen molar-refractivity contribution < 1.29 is 70.2 Å². The quantitative estimate of drug-likeness (QED) is 0.104. The molecule has 14 nitrogen and oxygen atoms in total. The summed E-state index contributed by atoms with van der Waals surface area (Å²) < 4.78 is 4.40. The minimum atomic E-state index is -1.79. The number of aliphatic hydroxyl groups is 10. The van der Waals surface area contributed by atoms with E-state index in [2.05, 4.69) is 4.74 Å². The fraction of sp³-hybridized carbons (Fsp3) is 0.812. The van der Waals surface area contributed by atoms with E-state index in [1.54, 1.807) is 6.92 Å². The number of hydrogen-bond donors (Lipinski definition) is 10. The molecule has 30 heavy (non-hydrogen) atoms. The van der Waals surface area contributed by atoms with Gasteiger partial charge in [-0.1, -0.05) is 0 Å². The molecule has 0 rings (SSSR count). The maximum Gasteiger partial charge on any atom is 0.302 e. The third-order valence-corrected chi connectivity index (χ3v) is 3.19. The van der Waals surface area contributed by atoms with Crippen LogP contribution in [0.3, 0.4) is 0 Å². The van der Waals surface area contributed by atoms with E-state index in [0.29, 0.717) is 6.61 Å². The van der Waals surface area contributed by atoms with Crippen LogP contribution in [-0.2, 0) is 19.1 Å². The van der Waals surface area contributed by atoms with Crippen molar-refractivity contribution in [2.24, 2.45) is 0 Å². The van der Waals surface area contributed by atoms with Crippen LogP contribution in [0, 0.1) is 0 Å². The third-order valence-electron chi connectivity index (χ3n) is 3.19. The van der Waals surface area contributed by atoms with Crippen molar-refractivity contribution in [3.05, 3.63) is 0 Å². The lowest BCUT2D eigenvalue weighted by atomic mass is 10.0. The van der Waals surface area contributed by atoms with Gasteiger partial charge in [0.05, 0.1) is 19.8 Å². The lowest BCUT2D eigenvalue weighted by Gasteiger charge is -2.22. The predicted octanol–water partition coefficient (Wildman–Crippen LogP) is -6.19. The predicted molar refractivity (Wildman–Crippen MR) is 96.7 cm³/mol. The standard InChI is InChI=1S/2C6H12O6.C4H8O2/c2*7-1-3(9)5(11)6(12)4(10)2-8;1-3-6-4(2)5/h2*1,3-6,8-12H,2H2;3H2,1-2H3/t2*3-,4+,5+,6+;/m00./s1. The highest BCUT2D eigenvalue weighted by Gasteiger charge is 2.30. The first kappa shape index (κ1) is 33.1. The molecule has 14 heteroatoms. The van der Waals surface area contributed by atoms with E-state index in [9.17, 15) is 14.4 Å². The molecule has 0 aromatic heterocycles. The smallest absolute Gasteiger partial charge is 0.302 e. The van der Waals surface area contributed by atoms with Crippen LogP contribution in [0.15, 0.2) is 0 Å². The van der Waals surface area contributed by atoms with Crippen LogP contribution in [0.25, 0.3) is 0 Å². The SMILES string of the molecule is CCOC(C)=O.O=C[C@H](O)[C@@H](O)[C@H](O)[C@H](O)CO.O=C[C@H](O)[C@@H](O)[C@H](O)[C@H](O)CO. The van der Waals surface area contributed by atoms with E-state index in [1.165, 1.54) is 6.92 Å². The lowest BCUT2D eigenvalue weighted by Crippen LogP contribution is -2.46. The zero-order chi connectivity index (χ0) is 24.4. The van der Waals surface area contributed by atoms with Gasteiger partial charge in [-0.3, -0.25) is 4.79 Å². The highest BCUT2D eigenvalue weighted by atomic mass is 16.5. The highest BCUT2D eigenvalue weighted by Crippen LogP contribution is 2.03. The molecule has 0 fully saturated rings. The largest absolute Gasteiger partial charge is 0.466 e. The molecule has 0 radical (unpaired) electrons. The van der Waals surface area contributed by atoms with Gasteiger partial charge in [-0.05, 0) is 6.92 Å². The minimum absolute atomic E-state index is 0.0258. The summed E-state index contributed by atoms with van der Waals surface area (Å²) in [4.78, 5) is 29.6. The van der Waals surface area contributed by atoms with Crippen LogP contribution >= 0.6 is 0 Å². The van der Waals surface area contributed by atoms with Crippen molar-refractivity contribution >= 4 is 18.5 Å². The van der Waals surface area contributed by atoms with Crippen molar-refractivity contribution in [2.75, 3.05) is 19.8 Å². The number of aliphatic hydroxyl groups excluding tert-OH is 10. The summed E-state index contributed by atoms with van der Waals surface area (Å²) in [5, 5.41) is 87.1. The molecule has 8 atom stereocenters. The second kappa shape index (κ2) is 19.4. The maximum absolute atomic E-state index is 9.90. The van der Waals surface area contributed by atoms with Crippen molar-refractivity contribution in [3.63, 3.8) is 0 Å². The number of carbonyl (C=O) groups excluding carboxylic acids is 3. The summed E-state index contributed by atoms with van der Waals surface area (Å²) in [7, 11) is 0. The Labute approximate surface area is 172 Å². The molecule has 0 spiro atoms. The van der Waals surface area contributed by atoms with E-state index in [4.69, 9.17) is 51.1 Å². The number of ether oxygens (including phenoxy) is 1. The Morgan fingerprint density at radius 1 is 0.733 bits per heavy atom. The van der Waals surface area contributed by atoms with E-state index in [1.807, 2.05) is 0 Å². The fourth-order valence-corrected chi connectivity index (χ4v) is 1.44. The molecule has 0 aliphatic heterocycles. The monoisotopic (exact) mass is 448 g/mol. The van der Waals surface area contributed by atoms with Gasteiger partial charge in [0.2, 0.25) is 0 Å². The summed E-state index contributed by atoms with van der Waals surface area (Å²) in [6, 6.07) is 0. The molecule has 0 saturated heterocycles. The maximum atomic E-state index is 9.90. The molecular weight excluding hydrogens is 416 g/mol. The minimum Gasteiger partial charge on any atom is -0.466 e. The Hall–Kier alpha value is -1.59. The van der Waals surface area contributed by atoms with E-state index >= 15 is 0 Å².